The molecule has 2 N–H and O–H groups in total. The first kappa shape index (κ1) is 22.6. The summed E-state index contributed by atoms with van der Waals surface area (Å²) in [6.45, 7) is 15.5. The molecule has 2 aromatic carbocycles. The molecule has 1 aliphatic carbocycles. The monoisotopic (exact) mass is 413 g/mol. The predicted molar refractivity (Wildman–Crippen MR) is 137 cm³/mol. The zero-order valence-corrected chi connectivity index (χ0v) is 19.8. The summed E-state index contributed by atoms with van der Waals surface area (Å²) in [5.74, 6) is 0. The van der Waals surface area contributed by atoms with Crippen LogP contribution in [0.1, 0.15) is 51.3 Å². The molecule has 2 aromatic rings. The van der Waals surface area contributed by atoms with Gasteiger partial charge in [-0.3, -0.25) is 4.99 Å². The fraction of sp³-hybridized carbons (Fsp3) is 0.321. The number of benzene rings is 2. The van der Waals surface area contributed by atoms with E-state index in [1.807, 2.05) is 0 Å². The Morgan fingerprint density at radius 2 is 1.52 bits per heavy atom. The molecule has 0 fully saturated rings. The summed E-state index contributed by atoms with van der Waals surface area (Å²) in [6, 6.07) is 15.5. The Morgan fingerprint density at radius 1 is 0.806 bits per heavy atom. The smallest absolute Gasteiger partial charge is 0.0606 e. The maximum Gasteiger partial charge on any atom is 0.0606 e. The van der Waals surface area contributed by atoms with Gasteiger partial charge in [-0.1, -0.05) is 29.8 Å². The van der Waals surface area contributed by atoms with E-state index in [0.29, 0.717) is 0 Å². The Morgan fingerprint density at radius 3 is 2.16 bits per heavy atom. The molecule has 0 saturated heterocycles. The second kappa shape index (κ2) is 10.3. The molecule has 0 unspecified atom stereocenters. The van der Waals surface area contributed by atoms with E-state index in [1.54, 1.807) is 0 Å². The van der Waals surface area contributed by atoms with Crippen LogP contribution in [0, 0.1) is 6.92 Å². The molecular weight excluding hydrogens is 378 g/mol. The Balaban J connectivity index is 2.29. The van der Waals surface area contributed by atoms with Gasteiger partial charge < -0.3 is 10.6 Å². The summed E-state index contributed by atoms with van der Waals surface area (Å²) in [4.78, 5) is 4.68. The van der Waals surface area contributed by atoms with Crippen molar-refractivity contribution in [1.82, 2.24) is 0 Å². The first-order valence-corrected chi connectivity index (χ1v) is 11.3. The highest BCUT2D eigenvalue weighted by Gasteiger charge is 2.20. The van der Waals surface area contributed by atoms with E-state index < -0.39 is 0 Å². The van der Waals surface area contributed by atoms with Crippen LogP contribution in [0.2, 0.25) is 0 Å². The van der Waals surface area contributed by atoms with Crippen LogP contribution in [-0.4, -0.2) is 25.3 Å². The second-order valence-corrected chi connectivity index (χ2v) is 7.92. The molecule has 3 nitrogen and oxygen atoms in total. The molecular formula is C28H35N3. The van der Waals surface area contributed by atoms with E-state index in [-0.39, 0.29) is 0 Å². The summed E-state index contributed by atoms with van der Waals surface area (Å²) >= 11 is 0. The summed E-state index contributed by atoms with van der Waals surface area (Å²) in [7, 11) is 0. The average Bonchev–Trinajstić information content (AvgIpc) is 2.76. The largest absolute Gasteiger partial charge is 0.385 e. The Kier molecular flexibility index (Phi) is 7.51. The van der Waals surface area contributed by atoms with E-state index in [4.69, 9.17) is 0 Å². The summed E-state index contributed by atoms with van der Waals surface area (Å²) in [6.07, 6.45) is 4.40. The molecule has 0 radical (unpaired) electrons. The molecule has 0 amide bonds. The highest BCUT2D eigenvalue weighted by molar-refractivity contribution is 6.12. The van der Waals surface area contributed by atoms with Gasteiger partial charge >= 0.3 is 0 Å². The molecule has 0 aromatic heterocycles. The van der Waals surface area contributed by atoms with Gasteiger partial charge in [0.05, 0.1) is 5.71 Å². The molecule has 0 saturated carbocycles. The van der Waals surface area contributed by atoms with Gasteiger partial charge in [0.1, 0.15) is 0 Å². The minimum absolute atomic E-state index is 0.796. The van der Waals surface area contributed by atoms with Crippen LogP contribution in [0.5, 0.6) is 0 Å². The minimum atomic E-state index is 0.796. The number of anilines is 2. The number of hydrogen-bond donors (Lipinski definition) is 2. The van der Waals surface area contributed by atoms with Gasteiger partial charge in [-0.15, -0.1) is 0 Å². The van der Waals surface area contributed by atoms with Crippen molar-refractivity contribution in [2.24, 2.45) is 4.99 Å². The van der Waals surface area contributed by atoms with E-state index in [0.717, 1.165) is 31.0 Å². The van der Waals surface area contributed by atoms with Gasteiger partial charge in [0, 0.05) is 36.6 Å². The van der Waals surface area contributed by atoms with Gasteiger partial charge in [0.25, 0.3) is 0 Å². The van der Waals surface area contributed by atoms with Crippen LogP contribution in [0.4, 0.5) is 11.4 Å². The lowest BCUT2D eigenvalue weighted by Crippen LogP contribution is -2.09. The fourth-order valence-electron chi connectivity index (χ4n) is 4.04. The third-order valence-corrected chi connectivity index (χ3v) is 5.72. The zero-order valence-electron chi connectivity index (χ0n) is 19.8. The molecule has 0 aliphatic heterocycles. The molecule has 3 rings (SSSR count). The number of nitrogens with zero attached hydrogens (tertiary/aromatic N) is 1. The minimum Gasteiger partial charge on any atom is -0.385 e. The van der Waals surface area contributed by atoms with Crippen LogP contribution in [-0.2, 0) is 0 Å². The molecule has 0 atom stereocenters. The molecule has 162 valence electrons. The van der Waals surface area contributed by atoms with E-state index in [9.17, 15) is 0 Å². The number of hydrogen-bond acceptors (Lipinski definition) is 3. The van der Waals surface area contributed by atoms with Gasteiger partial charge in [0.15, 0.2) is 0 Å². The SMILES string of the molecule is CCN=C1C=CC(=C(c2ccc(NCC)cc2)c2cc(C)ccc2NCC)C(C)=C1C. The van der Waals surface area contributed by atoms with Crippen LogP contribution >= 0.6 is 0 Å². The molecule has 0 heterocycles. The second-order valence-electron chi connectivity index (χ2n) is 7.92. The first-order chi connectivity index (χ1) is 15.0. The van der Waals surface area contributed by atoms with Crippen LogP contribution in [0.25, 0.3) is 5.57 Å². The maximum atomic E-state index is 4.68. The van der Waals surface area contributed by atoms with E-state index >= 15 is 0 Å². The molecule has 0 spiro atoms. The maximum absolute atomic E-state index is 4.68. The lowest BCUT2D eigenvalue weighted by atomic mass is 9.83. The lowest BCUT2D eigenvalue weighted by molar-refractivity contribution is 1.12. The van der Waals surface area contributed by atoms with Crippen molar-refractivity contribution in [1.29, 1.82) is 0 Å². The van der Waals surface area contributed by atoms with Crippen LogP contribution in [0.15, 0.2) is 76.3 Å². The summed E-state index contributed by atoms with van der Waals surface area (Å²) in [5.41, 5.74) is 12.1. The van der Waals surface area contributed by atoms with Crippen molar-refractivity contribution in [3.8, 4) is 0 Å². The molecule has 31 heavy (non-hydrogen) atoms. The van der Waals surface area contributed by atoms with Crippen molar-refractivity contribution < 1.29 is 0 Å². The Hall–Kier alpha value is -3.07. The van der Waals surface area contributed by atoms with Gasteiger partial charge in [-0.2, -0.15) is 0 Å². The molecule has 3 heteroatoms. The quantitative estimate of drug-likeness (QED) is 0.511. The molecule has 0 bridgehead atoms. The van der Waals surface area contributed by atoms with Gasteiger partial charge in [-0.25, -0.2) is 0 Å². The number of allylic oxidation sites excluding steroid dienone is 5. The fourth-order valence-corrected chi connectivity index (χ4v) is 4.04. The van der Waals surface area contributed by atoms with Crippen molar-refractivity contribution in [3.05, 3.63) is 88.0 Å². The Bertz CT molecular complexity index is 1050. The third-order valence-electron chi connectivity index (χ3n) is 5.72. The van der Waals surface area contributed by atoms with Gasteiger partial charge in [0.2, 0.25) is 0 Å². The van der Waals surface area contributed by atoms with Crippen molar-refractivity contribution in [2.45, 2.75) is 41.5 Å². The van der Waals surface area contributed by atoms with E-state index in [2.05, 4.69) is 112 Å². The number of nitrogens with one attached hydrogen (secondary N) is 2. The number of aliphatic imine (C=N–C) groups is 1. The van der Waals surface area contributed by atoms with Crippen LogP contribution < -0.4 is 10.6 Å². The topological polar surface area (TPSA) is 36.4 Å². The lowest BCUT2D eigenvalue weighted by Gasteiger charge is -2.23. The summed E-state index contributed by atoms with van der Waals surface area (Å²) in [5, 5.41) is 6.97. The zero-order chi connectivity index (χ0) is 22.4. The van der Waals surface area contributed by atoms with E-state index in [1.165, 1.54) is 44.7 Å². The first-order valence-electron chi connectivity index (χ1n) is 11.3. The average molecular weight is 414 g/mol. The standard InChI is InChI=1S/C28H35N3/c1-7-29-23-13-11-22(12-14-23)28(25-18-19(4)10-16-27(25)31-9-3)24-15-17-26(30-8-2)21(6)20(24)5/h10-18,29,31H,7-9H2,1-6H3. The van der Waals surface area contributed by atoms with Gasteiger partial charge in [-0.05, 0) is 99.7 Å². The highest BCUT2D eigenvalue weighted by Crippen LogP contribution is 2.38. The molecule has 1 aliphatic rings. The van der Waals surface area contributed by atoms with Crippen molar-refractivity contribution in [2.75, 3.05) is 30.3 Å². The predicted octanol–water partition coefficient (Wildman–Crippen LogP) is 7.03. The summed E-state index contributed by atoms with van der Waals surface area (Å²) < 4.78 is 0. The van der Waals surface area contributed by atoms with Crippen molar-refractivity contribution >= 4 is 22.7 Å². The Labute approximate surface area is 187 Å². The number of aryl methyl sites for hydroxylation is 1. The highest BCUT2D eigenvalue weighted by atomic mass is 14.9. The van der Waals surface area contributed by atoms with Crippen molar-refractivity contribution in [3.63, 3.8) is 0 Å². The van der Waals surface area contributed by atoms with Crippen LogP contribution in [0.3, 0.4) is 0 Å². The normalized spacial score (nSPS) is 16.6. The number of rotatable bonds is 7. The third kappa shape index (κ3) is 4.99.